The average molecular weight is 590 g/mol. The van der Waals surface area contributed by atoms with Crippen LogP contribution in [-0.2, 0) is 30.5 Å². The second-order valence-electron chi connectivity index (χ2n) is 8.74. The van der Waals surface area contributed by atoms with Crippen molar-refractivity contribution in [3.8, 4) is 0 Å². The molecule has 1 aliphatic heterocycles. The predicted molar refractivity (Wildman–Crippen MR) is 148 cm³/mol. The summed E-state index contributed by atoms with van der Waals surface area (Å²) in [6.07, 6.45) is 2.83. The second kappa shape index (κ2) is 13.5. The lowest BCUT2D eigenvalue weighted by atomic mass is 10.1. The molecule has 2 aromatic rings. The van der Waals surface area contributed by atoms with Crippen LogP contribution >= 0.6 is 30.9 Å². The maximum atomic E-state index is 12.9. The van der Waals surface area contributed by atoms with Crippen LogP contribution in [0.5, 0.6) is 0 Å². The molecule has 13 heteroatoms. The normalized spacial score (nSPS) is 17.5. The summed E-state index contributed by atoms with van der Waals surface area (Å²) in [7, 11) is -5.03. The van der Waals surface area contributed by atoms with Gasteiger partial charge in [0, 0.05) is 17.6 Å². The van der Waals surface area contributed by atoms with Crippen LogP contribution < -0.4 is 10.0 Å². The van der Waals surface area contributed by atoms with Gasteiger partial charge >= 0.3 is 5.97 Å². The van der Waals surface area contributed by atoms with E-state index >= 15 is 0 Å². The maximum Gasteiger partial charge on any atom is 0.313 e. The molecule has 204 valence electrons. The van der Waals surface area contributed by atoms with Gasteiger partial charge in [0.15, 0.2) is 0 Å². The number of carboxylic acid groups (broad SMARTS) is 1. The first-order valence-electron chi connectivity index (χ1n) is 12.0. The topological polar surface area (TPSA) is 125 Å². The van der Waals surface area contributed by atoms with Gasteiger partial charge in [0.1, 0.15) is 11.1 Å². The number of anilines is 1. The summed E-state index contributed by atoms with van der Waals surface area (Å²) in [6.45, 7) is 2.10. The number of carbonyl (C=O) groups is 1. The summed E-state index contributed by atoms with van der Waals surface area (Å²) >= 11 is 7.84. The number of sulfonamides is 1. The lowest BCUT2D eigenvalue weighted by molar-refractivity contribution is -0.134. The van der Waals surface area contributed by atoms with Crippen molar-refractivity contribution in [2.45, 2.75) is 55.1 Å². The van der Waals surface area contributed by atoms with E-state index < -0.39 is 29.5 Å². The molecule has 0 saturated carbocycles. The number of hydrogen-bond donors (Lipinski definition) is 3. The van der Waals surface area contributed by atoms with Crippen molar-refractivity contribution in [3.63, 3.8) is 0 Å². The summed E-state index contributed by atoms with van der Waals surface area (Å²) in [4.78, 5) is 11.8. The lowest BCUT2D eigenvalue weighted by Gasteiger charge is -2.35. The van der Waals surface area contributed by atoms with Gasteiger partial charge in [-0.3, -0.25) is 9.36 Å². The van der Waals surface area contributed by atoms with Gasteiger partial charge in [-0.15, -0.1) is 0 Å². The molecule has 9 nitrogen and oxygen atoms in total. The lowest BCUT2D eigenvalue weighted by Crippen LogP contribution is -2.36. The number of unbranched alkanes of at least 4 members (excludes halogenated alkanes) is 2. The van der Waals surface area contributed by atoms with Crippen LogP contribution in [0.2, 0.25) is 5.02 Å². The van der Waals surface area contributed by atoms with Crippen molar-refractivity contribution in [2.24, 2.45) is 0 Å². The molecule has 0 aliphatic carbocycles. The number of nitrogens with one attached hydrogen (secondary N) is 2. The molecule has 0 saturated heterocycles. The van der Waals surface area contributed by atoms with E-state index in [-0.39, 0.29) is 35.4 Å². The van der Waals surface area contributed by atoms with Gasteiger partial charge in [0.2, 0.25) is 17.4 Å². The Balaban J connectivity index is 1.56. The van der Waals surface area contributed by atoms with Crippen LogP contribution in [-0.4, -0.2) is 55.9 Å². The zero-order valence-electron chi connectivity index (χ0n) is 20.9. The van der Waals surface area contributed by atoms with E-state index in [4.69, 9.17) is 21.2 Å². The molecular weight excluding hydrogens is 557 g/mol. The fraction of sp³-hybridized carbons (Fsp3) is 0.458. The third-order valence-corrected chi connectivity index (χ3v) is 11.3. The largest absolute Gasteiger partial charge is 0.481 e. The first-order chi connectivity index (χ1) is 17.5. The van der Waals surface area contributed by atoms with Crippen LogP contribution in [0.25, 0.3) is 0 Å². The van der Waals surface area contributed by atoms with Gasteiger partial charge in [-0.25, -0.2) is 17.4 Å². The van der Waals surface area contributed by atoms with Crippen LogP contribution in [0.3, 0.4) is 0 Å². The van der Waals surface area contributed by atoms with Crippen molar-refractivity contribution < 1.29 is 27.4 Å². The van der Waals surface area contributed by atoms with Gasteiger partial charge in [-0.1, -0.05) is 54.8 Å². The van der Waals surface area contributed by atoms with Crippen molar-refractivity contribution in [1.29, 1.82) is 0 Å². The molecule has 0 radical (unpaired) electrons. The number of nitrogens with zero attached hydrogens (tertiary/aromatic N) is 1. The Morgan fingerprint density at radius 3 is 2.65 bits per heavy atom. The number of fused-ring (bicyclic) bond motifs is 1. The van der Waals surface area contributed by atoms with Crippen molar-refractivity contribution in [3.05, 3.63) is 53.1 Å². The first kappa shape index (κ1) is 30.0. The number of carboxylic acids is 1. The molecule has 2 atom stereocenters. The highest BCUT2D eigenvalue weighted by Crippen LogP contribution is 2.47. The number of rotatable bonds is 14. The van der Waals surface area contributed by atoms with E-state index in [0.29, 0.717) is 6.42 Å². The molecule has 2 unspecified atom stereocenters. The summed E-state index contributed by atoms with van der Waals surface area (Å²) < 4.78 is 48.4. The van der Waals surface area contributed by atoms with Gasteiger partial charge in [-0.05, 0) is 56.5 Å². The van der Waals surface area contributed by atoms with Crippen LogP contribution in [0.15, 0.2) is 52.3 Å². The van der Waals surface area contributed by atoms with Gasteiger partial charge < -0.3 is 14.9 Å². The highest BCUT2D eigenvalue weighted by Gasteiger charge is 2.28. The minimum atomic E-state index is -3.81. The van der Waals surface area contributed by atoms with E-state index in [1.165, 1.54) is 11.9 Å². The minimum absolute atomic E-state index is 0.00931. The van der Waals surface area contributed by atoms with E-state index in [2.05, 4.69) is 10.0 Å². The van der Waals surface area contributed by atoms with E-state index in [0.717, 1.165) is 35.4 Å². The quantitative estimate of drug-likeness (QED) is 0.149. The Bertz CT molecular complexity index is 1230. The Kier molecular flexibility index (Phi) is 10.9. The standard InChI is InChI=1S/C24H33ClN3O6PS2/c1-3-34-35(31,17-24(29)30)13-9-5-8-12-23-27-20-14-19(25)22(15-21(20)36-28(23)2)37(32,33)26-16-18-10-6-4-7-11-18/h4,6-7,10-11,14-15,23,26-27H,3,5,8-9,12-13,16-17H2,1-2H3,(H,29,30). The van der Waals surface area contributed by atoms with E-state index in [1.807, 2.05) is 41.7 Å². The molecule has 1 heterocycles. The summed E-state index contributed by atoms with van der Waals surface area (Å²) in [5.74, 6) is -1.11. The van der Waals surface area contributed by atoms with Crippen LogP contribution in [0.4, 0.5) is 5.69 Å². The molecule has 0 aromatic heterocycles. The zero-order valence-corrected chi connectivity index (χ0v) is 24.1. The maximum absolute atomic E-state index is 12.9. The summed E-state index contributed by atoms with van der Waals surface area (Å²) in [5.41, 5.74) is 1.61. The SMILES string of the molecule is CCOP(=O)(CCCCCC1Nc2cc(Cl)c(S(=O)(=O)NCc3ccccc3)cc2SN1C)CC(=O)O. The Labute approximate surface area is 227 Å². The molecule has 3 rings (SSSR count). The Morgan fingerprint density at radius 1 is 1.24 bits per heavy atom. The van der Waals surface area contributed by atoms with Crippen LogP contribution in [0, 0.1) is 0 Å². The van der Waals surface area contributed by atoms with Gasteiger partial charge in [-0.2, -0.15) is 0 Å². The molecule has 0 amide bonds. The molecule has 0 fully saturated rings. The van der Waals surface area contributed by atoms with Crippen LogP contribution in [0.1, 0.15) is 38.2 Å². The third-order valence-electron chi connectivity index (χ3n) is 5.85. The second-order valence-corrected chi connectivity index (χ2v) is 14.7. The third kappa shape index (κ3) is 8.71. The fourth-order valence-corrected chi connectivity index (χ4v) is 8.61. The van der Waals surface area contributed by atoms with E-state index in [1.54, 1.807) is 19.1 Å². The van der Waals surface area contributed by atoms with Crippen molar-refractivity contribution in [1.82, 2.24) is 9.03 Å². The molecule has 37 heavy (non-hydrogen) atoms. The smallest absolute Gasteiger partial charge is 0.313 e. The fourth-order valence-electron chi connectivity index (χ4n) is 4.02. The van der Waals surface area contributed by atoms with Gasteiger partial charge in [0.25, 0.3) is 0 Å². The molecule has 1 aliphatic rings. The Hall–Kier alpha value is -1.59. The summed E-state index contributed by atoms with van der Waals surface area (Å²) in [6, 6.07) is 12.5. The average Bonchev–Trinajstić information content (AvgIpc) is 2.83. The first-order valence-corrected chi connectivity index (χ1v) is 16.6. The highest BCUT2D eigenvalue weighted by molar-refractivity contribution is 7.97. The molecule has 3 N–H and O–H groups in total. The number of aliphatic carboxylic acids is 1. The Morgan fingerprint density at radius 2 is 1.97 bits per heavy atom. The molecule has 0 spiro atoms. The number of halogens is 1. The van der Waals surface area contributed by atoms with Gasteiger partial charge in [0.05, 0.1) is 23.5 Å². The van der Waals surface area contributed by atoms with E-state index in [9.17, 15) is 17.8 Å². The number of benzene rings is 2. The van der Waals surface area contributed by atoms with Crippen molar-refractivity contribution in [2.75, 3.05) is 31.3 Å². The molecule has 2 aromatic carbocycles. The zero-order chi connectivity index (χ0) is 27.1. The number of hydrogen-bond acceptors (Lipinski definition) is 8. The predicted octanol–water partition coefficient (Wildman–Crippen LogP) is 5.47. The molecule has 0 bridgehead atoms. The highest BCUT2D eigenvalue weighted by atomic mass is 35.5. The minimum Gasteiger partial charge on any atom is -0.481 e. The summed E-state index contributed by atoms with van der Waals surface area (Å²) in [5, 5.41) is 12.6. The van der Waals surface area contributed by atoms with Crippen molar-refractivity contribution >= 4 is 52.6 Å². The molecular formula is C24H33ClN3O6PS2. The monoisotopic (exact) mass is 589 g/mol.